The SMILES string of the molecule is COCCN1c2nc(SC)nc(Cl)c2C=CC1c1ccccc1. The first kappa shape index (κ1) is 16.3. The summed E-state index contributed by atoms with van der Waals surface area (Å²) in [5, 5.41) is 1.17. The predicted molar refractivity (Wildman–Crippen MR) is 96.3 cm³/mol. The number of hydrogen-bond acceptors (Lipinski definition) is 5. The number of methoxy groups -OCH3 is 1. The zero-order valence-corrected chi connectivity index (χ0v) is 14.6. The Morgan fingerprint density at radius 3 is 2.74 bits per heavy atom. The number of aromatic nitrogens is 2. The van der Waals surface area contributed by atoms with Crippen LogP contribution in [0.3, 0.4) is 0 Å². The Morgan fingerprint density at radius 1 is 1.26 bits per heavy atom. The Morgan fingerprint density at radius 2 is 2.04 bits per heavy atom. The average Bonchev–Trinajstić information content (AvgIpc) is 2.60. The van der Waals surface area contributed by atoms with Crippen molar-refractivity contribution in [3.05, 3.63) is 52.7 Å². The van der Waals surface area contributed by atoms with Crippen LogP contribution in [-0.2, 0) is 4.74 Å². The minimum Gasteiger partial charge on any atom is -0.383 e. The largest absolute Gasteiger partial charge is 0.383 e. The van der Waals surface area contributed by atoms with Gasteiger partial charge in [-0.1, -0.05) is 59.8 Å². The second kappa shape index (κ2) is 7.34. The standard InChI is InChI=1S/C17H18ClN3OS/c1-22-11-10-21-14(12-6-4-3-5-7-12)9-8-13-15(18)19-17(23-2)20-16(13)21/h3-9,14H,10-11H2,1-2H3. The summed E-state index contributed by atoms with van der Waals surface area (Å²) >= 11 is 7.84. The Hall–Kier alpha value is -1.56. The van der Waals surface area contributed by atoms with E-state index in [0.717, 1.165) is 17.9 Å². The molecule has 1 atom stereocenters. The average molecular weight is 348 g/mol. The molecular formula is C17H18ClN3OS. The predicted octanol–water partition coefficient (Wildman–Crippen LogP) is 4.07. The van der Waals surface area contributed by atoms with Gasteiger partial charge in [-0.05, 0) is 17.9 Å². The molecule has 23 heavy (non-hydrogen) atoms. The highest BCUT2D eigenvalue weighted by Crippen LogP contribution is 2.38. The maximum absolute atomic E-state index is 6.35. The lowest BCUT2D eigenvalue weighted by atomic mass is 10.00. The number of benzene rings is 1. The van der Waals surface area contributed by atoms with Gasteiger partial charge in [0.2, 0.25) is 0 Å². The van der Waals surface area contributed by atoms with Crippen molar-refractivity contribution >= 4 is 35.3 Å². The minimum absolute atomic E-state index is 0.111. The van der Waals surface area contributed by atoms with Crippen LogP contribution in [0.4, 0.5) is 5.82 Å². The third-order valence-electron chi connectivity index (χ3n) is 3.77. The molecule has 6 heteroatoms. The van der Waals surface area contributed by atoms with E-state index >= 15 is 0 Å². The fourth-order valence-electron chi connectivity index (χ4n) is 2.66. The van der Waals surface area contributed by atoms with Gasteiger partial charge in [0, 0.05) is 13.7 Å². The molecule has 1 aliphatic heterocycles. The van der Waals surface area contributed by atoms with E-state index < -0.39 is 0 Å². The molecule has 1 aromatic heterocycles. The molecule has 0 radical (unpaired) electrons. The molecule has 0 fully saturated rings. The number of rotatable bonds is 5. The summed E-state index contributed by atoms with van der Waals surface area (Å²) in [5.74, 6) is 0.864. The maximum Gasteiger partial charge on any atom is 0.190 e. The van der Waals surface area contributed by atoms with Crippen molar-refractivity contribution in [1.82, 2.24) is 9.97 Å². The Kier molecular flexibility index (Phi) is 5.20. The van der Waals surface area contributed by atoms with Crippen LogP contribution in [0, 0.1) is 0 Å². The Labute approximate surface area is 145 Å². The quantitative estimate of drug-likeness (QED) is 0.463. The van der Waals surface area contributed by atoms with E-state index in [1.54, 1.807) is 7.11 Å². The van der Waals surface area contributed by atoms with Crippen molar-refractivity contribution in [2.75, 3.05) is 31.4 Å². The van der Waals surface area contributed by atoms with E-state index in [9.17, 15) is 0 Å². The monoisotopic (exact) mass is 347 g/mol. The van der Waals surface area contributed by atoms with E-state index in [0.29, 0.717) is 16.9 Å². The molecule has 2 heterocycles. The smallest absolute Gasteiger partial charge is 0.190 e. The summed E-state index contributed by atoms with van der Waals surface area (Å²) in [4.78, 5) is 11.2. The van der Waals surface area contributed by atoms with Gasteiger partial charge >= 0.3 is 0 Å². The molecular weight excluding hydrogens is 330 g/mol. The molecule has 2 aromatic rings. The minimum atomic E-state index is 0.111. The summed E-state index contributed by atoms with van der Waals surface area (Å²) in [6.45, 7) is 1.35. The highest BCUT2D eigenvalue weighted by Gasteiger charge is 2.27. The van der Waals surface area contributed by atoms with Crippen LogP contribution in [0.1, 0.15) is 17.2 Å². The third-order valence-corrected chi connectivity index (χ3v) is 4.61. The number of nitrogens with zero attached hydrogens (tertiary/aromatic N) is 3. The first-order chi connectivity index (χ1) is 11.2. The molecule has 4 nitrogen and oxygen atoms in total. The molecule has 0 amide bonds. The zero-order chi connectivity index (χ0) is 16.2. The van der Waals surface area contributed by atoms with Gasteiger partial charge in [-0.15, -0.1) is 0 Å². The van der Waals surface area contributed by atoms with Crippen LogP contribution in [0.5, 0.6) is 0 Å². The molecule has 0 bridgehead atoms. The summed E-state index contributed by atoms with van der Waals surface area (Å²) in [5.41, 5.74) is 2.08. The van der Waals surface area contributed by atoms with Gasteiger partial charge in [0.25, 0.3) is 0 Å². The van der Waals surface area contributed by atoms with E-state index in [-0.39, 0.29) is 6.04 Å². The maximum atomic E-state index is 6.35. The van der Waals surface area contributed by atoms with E-state index in [2.05, 4.69) is 33.1 Å². The second-order valence-corrected chi connectivity index (χ2v) is 6.27. The zero-order valence-electron chi connectivity index (χ0n) is 13.1. The Bertz CT molecular complexity index is 708. The van der Waals surface area contributed by atoms with Gasteiger partial charge in [0.1, 0.15) is 11.0 Å². The van der Waals surface area contributed by atoms with Gasteiger partial charge in [-0.25, -0.2) is 9.97 Å². The topological polar surface area (TPSA) is 38.2 Å². The molecule has 0 saturated carbocycles. The summed E-state index contributed by atoms with van der Waals surface area (Å²) in [6, 6.07) is 10.5. The second-order valence-electron chi connectivity index (χ2n) is 5.14. The van der Waals surface area contributed by atoms with Crippen LogP contribution in [0.25, 0.3) is 6.08 Å². The molecule has 0 saturated heterocycles. The van der Waals surface area contributed by atoms with Crippen LogP contribution < -0.4 is 4.90 Å². The highest BCUT2D eigenvalue weighted by molar-refractivity contribution is 7.98. The molecule has 1 unspecified atom stereocenters. The molecule has 1 aromatic carbocycles. The fraction of sp³-hybridized carbons (Fsp3) is 0.294. The van der Waals surface area contributed by atoms with Crippen molar-refractivity contribution < 1.29 is 4.74 Å². The number of hydrogen-bond donors (Lipinski definition) is 0. The first-order valence-corrected chi connectivity index (χ1v) is 8.95. The molecule has 3 rings (SSSR count). The van der Waals surface area contributed by atoms with Gasteiger partial charge < -0.3 is 9.64 Å². The number of anilines is 1. The van der Waals surface area contributed by atoms with Crippen LogP contribution in [0.15, 0.2) is 41.6 Å². The molecule has 0 N–H and O–H groups in total. The Balaban J connectivity index is 2.07. The van der Waals surface area contributed by atoms with Gasteiger partial charge in [0.15, 0.2) is 5.16 Å². The van der Waals surface area contributed by atoms with E-state index in [4.69, 9.17) is 16.3 Å². The van der Waals surface area contributed by atoms with Crippen LogP contribution in [-0.4, -0.2) is 36.5 Å². The van der Waals surface area contributed by atoms with Gasteiger partial charge in [-0.3, -0.25) is 0 Å². The summed E-state index contributed by atoms with van der Waals surface area (Å²) in [6.07, 6.45) is 6.11. The molecule has 0 spiro atoms. The van der Waals surface area contributed by atoms with Crippen molar-refractivity contribution in [3.63, 3.8) is 0 Å². The lowest BCUT2D eigenvalue weighted by molar-refractivity contribution is 0.204. The summed E-state index contributed by atoms with van der Waals surface area (Å²) in [7, 11) is 1.71. The lowest BCUT2D eigenvalue weighted by Gasteiger charge is -2.35. The third kappa shape index (κ3) is 3.37. The van der Waals surface area contributed by atoms with Crippen molar-refractivity contribution in [2.24, 2.45) is 0 Å². The van der Waals surface area contributed by atoms with Crippen LogP contribution in [0.2, 0.25) is 5.15 Å². The lowest BCUT2D eigenvalue weighted by Crippen LogP contribution is -2.34. The van der Waals surface area contributed by atoms with Crippen LogP contribution >= 0.6 is 23.4 Å². The summed E-state index contributed by atoms with van der Waals surface area (Å²) < 4.78 is 5.28. The van der Waals surface area contributed by atoms with Crippen molar-refractivity contribution in [2.45, 2.75) is 11.2 Å². The van der Waals surface area contributed by atoms with E-state index in [1.807, 2.05) is 30.5 Å². The van der Waals surface area contributed by atoms with E-state index in [1.165, 1.54) is 17.3 Å². The molecule has 0 aliphatic carbocycles. The normalized spacial score (nSPS) is 16.5. The van der Waals surface area contributed by atoms with Gasteiger partial charge in [-0.2, -0.15) is 0 Å². The van der Waals surface area contributed by atoms with Gasteiger partial charge in [0.05, 0.1) is 18.2 Å². The fourth-order valence-corrected chi connectivity index (χ4v) is 3.30. The van der Waals surface area contributed by atoms with Crippen molar-refractivity contribution in [1.29, 1.82) is 0 Å². The molecule has 120 valence electrons. The first-order valence-electron chi connectivity index (χ1n) is 7.35. The number of fused-ring (bicyclic) bond motifs is 1. The number of ether oxygens (including phenoxy) is 1. The number of halogens is 1. The number of thioether (sulfide) groups is 1. The highest BCUT2D eigenvalue weighted by atomic mass is 35.5. The molecule has 1 aliphatic rings. The van der Waals surface area contributed by atoms with Crippen molar-refractivity contribution in [3.8, 4) is 0 Å².